The van der Waals surface area contributed by atoms with Gasteiger partial charge in [0, 0.05) is 37.1 Å². The lowest BCUT2D eigenvalue weighted by Gasteiger charge is -2.27. The number of ether oxygens (including phenoxy) is 2. The Hall–Kier alpha value is -2.17. The summed E-state index contributed by atoms with van der Waals surface area (Å²) in [5.41, 5.74) is 3.73. The number of benzene rings is 2. The summed E-state index contributed by atoms with van der Waals surface area (Å²) in [6.07, 6.45) is 1.01. The Balaban J connectivity index is 1.43. The molecule has 4 rings (SSSR count). The summed E-state index contributed by atoms with van der Waals surface area (Å²) in [6.45, 7) is 3.46. The quantitative estimate of drug-likeness (QED) is 0.742. The largest absolute Gasteiger partial charge is 0.493 e. The standard InChI is InChI=1S/C20H21ClN2O2/c1-24-18-7-2-3-8-19(18)25-12-11-23-10-9-17-15(13-23)14-5-4-6-16(21)20(14)22-17/h2-8,22H,9-13H2,1H3. The minimum absolute atomic E-state index is 0.638. The average molecular weight is 357 g/mol. The Morgan fingerprint density at radius 3 is 2.80 bits per heavy atom. The monoisotopic (exact) mass is 356 g/mol. The number of methoxy groups -OCH3 is 1. The molecule has 0 spiro atoms. The van der Waals surface area contributed by atoms with Gasteiger partial charge in [0.1, 0.15) is 6.61 Å². The molecule has 0 bridgehead atoms. The molecule has 0 amide bonds. The van der Waals surface area contributed by atoms with Gasteiger partial charge in [0.2, 0.25) is 0 Å². The van der Waals surface area contributed by atoms with E-state index in [0.717, 1.165) is 48.1 Å². The normalized spacial score (nSPS) is 14.5. The minimum Gasteiger partial charge on any atom is -0.493 e. The molecule has 1 aliphatic rings. The lowest BCUT2D eigenvalue weighted by molar-refractivity contribution is 0.193. The summed E-state index contributed by atoms with van der Waals surface area (Å²) in [5, 5.41) is 2.02. The fraction of sp³-hybridized carbons (Fsp3) is 0.300. The molecule has 5 heteroatoms. The smallest absolute Gasteiger partial charge is 0.161 e. The molecular formula is C20H21ClN2O2. The van der Waals surface area contributed by atoms with Crippen molar-refractivity contribution in [1.29, 1.82) is 0 Å². The fourth-order valence-electron chi connectivity index (χ4n) is 3.47. The summed E-state index contributed by atoms with van der Waals surface area (Å²) in [4.78, 5) is 5.92. The van der Waals surface area contributed by atoms with Crippen LogP contribution in [-0.4, -0.2) is 36.7 Å². The van der Waals surface area contributed by atoms with Gasteiger partial charge in [0.05, 0.1) is 17.6 Å². The highest BCUT2D eigenvalue weighted by atomic mass is 35.5. The number of hydrogen-bond donors (Lipinski definition) is 1. The van der Waals surface area contributed by atoms with Crippen molar-refractivity contribution in [1.82, 2.24) is 9.88 Å². The summed E-state index contributed by atoms with van der Waals surface area (Å²) in [7, 11) is 1.66. The molecule has 2 aromatic carbocycles. The Morgan fingerprint density at radius 2 is 1.96 bits per heavy atom. The van der Waals surface area contributed by atoms with Gasteiger partial charge in [-0.05, 0) is 23.8 Å². The van der Waals surface area contributed by atoms with Crippen molar-refractivity contribution in [2.45, 2.75) is 13.0 Å². The topological polar surface area (TPSA) is 37.5 Å². The van der Waals surface area contributed by atoms with Crippen LogP contribution in [0.3, 0.4) is 0 Å². The van der Waals surface area contributed by atoms with Crippen LogP contribution < -0.4 is 9.47 Å². The summed E-state index contributed by atoms with van der Waals surface area (Å²) >= 11 is 6.32. The number of nitrogens with zero attached hydrogens (tertiary/aromatic N) is 1. The van der Waals surface area contributed by atoms with Gasteiger partial charge in [-0.3, -0.25) is 4.90 Å². The fourth-order valence-corrected chi connectivity index (χ4v) is 3.69. The van der Waals surface area contributed by atoms with Crippen molar-refractivity contribution in [3.8, 4) is 11.5 Å². The number of H-pyrrole nitrogens is 1. The summed E-state index contributed by atoms with van der Waals surface area (Å²) < 4.78 is 11.2. The second-order valence-corrected chi connectivity index (χ2v) is 6.68. The van der Waals surface area contributed by atoms with E-state index in [2.05, 4.69) is 16.0 Å². The highest BCUT2D eigenvalue weighted by Gasteiger charge is 2.21. The molecule has 0 atom stereocenters. The third-order valence-corrected chi connectivity index (χ3v) is 5.09. The van der Waals surface area contributed by atoms with E-state index < -0.39 is 0 Å². The zero-order valence-electron chi connectivity index (χ0n) is 14.2. The van der Waals surface area contributed by atoms with E-state index in [1.165, 1.54) is 16.6 Å². The van der Waals surface area contributed by atoms with Crippen LogP contribution in [-0.2, 0) is 13.0 Å². The molecule has 4 nitrogen and oxygen atoms in total. The molecule has 0 saturated carbocycles. The first-order valence-electron chi connectivity index (χ1n) is 8.52. The molecule has 3 aromatic rings. The van der Waals surface area contributed by atoms with Crippen LogP contribution >= 0.6 is 11.6 Å². The molecule has 2 heterocycles. The van der Waals surface area contributed by atoms with E-state index in [-0.39, 0.29) is 0 Å². The molecule has 0 radical (unpaired) electrons. The van der Waals surface area contributed by atoms with Crippen molar-refractivity contribution in [3.05, 3.63) is 58.7 Å². The number of aromatic nitrogens is 1. The van der Waals surface area contributed by atoms with Gasteiger partial charge >= 0.3 is 0 Å². The van der Waals surface area contributed by atoms with Gasteiger partial charge in [0.25, 0.3) is 0 Å². The zero-order chi connectivity index (χ0) is 17.2. The maximum absolute atomic E-state index is 6.32. The third-order valence-electron chi connectivity index (χ3n) is 4.77. The summed E-state index contributed by atoms with van der Waals surface area (Å²) in [6, 6.07) is 13.9. The molecule has 0 unspecified atom stereocenters. The van der Waals surface area contributed by atoms with Crippen LogP contribution in [0.25, 0.3) is 10.9 Å². The molecule has 130 valence electrons. The molecule has 25 heavy (non-hydrogen) atoms. The first-order valence-corrected chi connectivity index (χ1v) is 8.90. The molecule has 1 aliphatic heterocycles. The van der Waals surface area contributed by atoms with Gasteiger partial charge < -0.3 is 14.5 Å². The van der Waals surface area contributed by atoms with Crippen molar-refractivity contribution >= 4 is 22.5 Å². The molecule has 1 N–H and O–H groups in total. The molecule has 0 fully saturated rings. The Kier molecular flexibility index (Phi) is 4.55. The van der Waals surface area contributed by atoms with Crippen molar-refractivity contribution in [3.63, 3.8) is 0 Å². The highest BCUT2D eigenvalue weighted by Crippen LogP contribution is 2.31. The van der Waals surface area contributed by atoms with Crippen molar-refractivity contribution in [2.75, 3.05) is 26.8 Å². The first-order chi connectivity index (χ1) is 12.3. The Bertz CT molecular complexity index is 891. The van der Waals surface area contributed by atoms with E-state index >= 15 is 0 Å². The van der Waals surface area contributed by atoms with Gasteiger partial charge in [-0.15, -0.1) is 0 Å². The van der Waals surface area contributed by atoms with E-state index in [1.54, 1.807) is 7.11 Å². The van der Waals surface area contributed by atoms with Crippen LogP contribution in [0.15, 0.2) is 42.5 Å². The van der Waals surface area contributed by atoms with Gasteiger partial charge in [-0.25, -0.2) is 0 Å². The highest BCUT2D eigenvalue weighted by molar-refractivity contribution is 6.35. The molecule has 0 aliphatic carbocycles. The Labute approximate surface area is 152 Å². The summed E-state index contributed by atoms with van der Waals surface area (Å²) in [5.74, 6) is 1.57. The molecule has 0 saturated heterocycles. The number of hydrogen-bond acceptors (Lipinski definition) is 3. The van der Waals surface area contributed by atoms with E-state index in [0.29, 0.717) is 6.61 Å². The van der Waals surface area contributed by atoms with Gasteiger partial charge in [-0.2, -0.15) is 0 Å². The lowest BCUT2D eigenvalue weighted by Crippen LogP contribution is -2.33. The van der Waals surface area contributed by atoms with E-state index in [9.17, 15) is 0 Å². The maximum atomic E-state index is 6.32. The number of para-hydroxylation sites is 3. The van der Waals surface area contributed by atoms with Gasteiger partial charge in [0.15, 0.2) is 11.5 Å². The minimum atomic E-state index is 0.638. The van der Waals surface area contributed by atoms with Crippen LogP contribution in [0.5, 0.6) is 11.5 Å². The second-order valence-electron chi connectivity index (χ2n) is 6.27. The number of fused-ring (bicyclic) bond motifs is 3. The number of halogens is 1. The average Bonchev–Trinajstić information content (AvgIpc) is 3.02. The van der Waals surface area contributed by atoms with Crippen LogP contribution in [0.1, 0.15) is 11.3 Å². The third kappa shape index (κ3) is 3.20. The van der Waals surface area contributed by atoms with Crippen LogP contribution in [0.2, 0.25) is 5.02 Å². The van der Waals surface area contributed by atoms with E-state index in [1.807, 2.05) is 36.4 Å². The van der Waals surface area contributed by atoms with Crippen LogP contribution in [0, 0.1) is 0 Å². The SMILES string of the molecule is COc1ccccc1OCCN1CCc2[nH]c3c(Cl)cccc3c2C1. The molecule has 1 aromatic heterocycles. The number of aromatic amines is 1. The maximum Gasteiger partial charge on any atom is 0.161 e. The number of nitrogens with one attached hydrogen (secondary N) is 1. The Morgan fingerprint density at radius 1 is 1.12 bits per heavy atom. The van der Waals surface area contributed by atoms with Gasteiger partial charge in [-0.1, -0.05) is 35.9 Å². The van der Waals surface area contributed by atoms with Crippen molar-refractivity contribution < 1.29 is 9.47 Å². The predicted molar refractivity (Wildman–Crippen MR) is 101 cm³/mol. The predicted octanol–water partition coefficient (Wildman–Crippen LogP) is 4.27. The lowest BCUT2D eigenvalue weighted by atomic mass is 10.0. The van der Waals surface area contributed by atoms with E-state index in [4.69, 9.17) is 21.1 Å². The first kappa shape index (κ1) is 16.3. The van der Waals surface area contributed by atoms with Crippen molar-refractivity contribution in [2.24, 2.45) is 0 Å². The molecular weight excluding hydrogens is 336 g/mol. The van der Waals surface area contributed by atoms with Crippen LogP contribution in [0.4, 0.5) is 0 Å². The zero-order valence-corrected chi connectivity index (χ0v) is 15.0. The number of rotatable bonds is 5. The second kappa shape index (κ2) is 6.98.